The second kappa shape index (κ2) is 12.1. The van der Waals surface area contributed by atoms with E-state index in [0.717, 1.165) is 54.9 Å². The van der Waals surface area contributed by atoms with Crippen LogP contribution in [0.4, 0.5) is 0 Å². The zero-order valence-corrected chi connectivity index (χ0v) is 31.1. The topological polar surface area (TPSA) is 69.6 Å². The van der Waals surface area contributed by atoms with Crippen molar-refractivity contribution in [1.82, 2.24) is 28.7 Å². The molecule has 0 atom stereocenters. The third kappa shape index (κ3) is 4.69. The fourth-order valence-electron chi connectivity index (χ4n) is 7.97. The molecule has 5 heterocycles. The number of aromatic nitrogens is 6. The molecular formula is C44H30N6OPt. The number of benzene rings is 5. The molecule has 0 spiro atoms. The van der Waals surface area contributed by atoms with E-state index in [1.807, 2.05) is 41.2 Å². The summed E-state index contributed by atoms with van der Waals surface area (Å²) in [4.78, 5) is 18.6. The van der Waals surface area contributed by atoms with Crippen LogP contribution in [-0.4, -0.2) is 28.7 Å². The van der Waals surface area contributed by atoms with Gasteiger partial charge in [-0.2, -0.15) is 0 Å². The van der Waals surface area contributed by atoms with Gasteiger partial charge in [-0.15, -0.1) is 12.1 Å². The number of fused-ring (bicyclic) bond motifs is 12. The summed E-state index contributed by atoms with van der Waals surface area (Å²) in [6.45, 7) is 8.82. The van der Waals surface area contributed by atoms with Crippen LogP contribution < -0.4 is 4.74 Å². The molecule has 0 aliphatic carbocycles. The predicted molar refractivity (Wildman–Crippen MR) is 204 cm³/mol. The van der Waals surface area contributed by atoms with Crippen molar-refractivity contribution in [2.75, 3.05) is 0 Å². The van der Waals surface area contributed by atoms with Crippen LogP contribution in [0.25, 0.3) is 77.2 Å². The van der Waals surface area contributed by atoms with Gasteiger partial charge in [0.1, 0.15) is 5.65 Å². The van der Waals surface area contributed by atoms with Gasteiger partial charge >= 0.3 is 21.1 Å². The molecule has 5 aromatic carbocycles. The maximum absolute atomic E-state index is 6.53. The largest absolute Gasteiger partial charge is 2.00 e. The standard InChI is InChI=1S/C44H30N6O.Pt/c1-25-7-5-8-26(2)37(25)33-15-16-36-39(40(33)38-27(3)9-6-10-28(38)4)31-13-11-29(23-34(31)42-47-19-21-49(36)42)51-30-12-14-32-35(24-30)43-48-20-22-50(43)44-41(32)45-17-18-46-44;/h5-22H,1-4H3;/q-2;+2. The Morgan fingerprint density at radius 2 is 1.08 bits per heavy atom. The van der Waals surface area contributed by atoms with Gasteiger partial charge in [0, 0.05) is 54.2 Å². The van der Waals surface area contributed by atoms with Crippen molar-refractivity contribution in [2.24, 2.45) is 0 Å². The molecule has 0 fully saturated rings. The van der Waals surface area contributed by atoms with E-state index in [4.69, 9.17) is 9.72 Å². The predicted octanol–water partition coefficient (Wildman–Crippen LogP) is 10.3. The Kier molecular flexibility index (Phi) is 7.46. The van der Waals surface area contributed by atoms with Gasteiger partial charge in [0.2, 0.25) is 0 Å². The molecule has 0 radical (unpaired) electrons. The van der Waals surface area contributed by atoms with E-state index in [2.05, 4.69) is 114 Å². The molecule has 252 valence electrons. The second-order valence-corrected chi connectivity index (χ2v) is 13.2. The maximum Gasteiger partial charge on any atom is 2.00 e. The van der Waals surface area contributed by atoms with E-state index in [1.165, 1.54) is 44.5 Å². The number of hydrogen-bond acceptors (Lipinski definition) is 5. The normalized spacial score (nSPS) is 11.7. The summed E-state index contributed by atoms with van der Waals surface area (Å²) in [5.74, 6) is 1.13. The summed E-state index contributed by atoms with van der Waals surface area (Å²) in [7, 11) is 0. The first-order chi connectivity index (χ1) is 25.0. The number of pyridine rings is 2. The van der Waals surface area contributed by atoms with Crippen LogP contribution in [0.15, 0.2) is 110 Å². The van der Waals surface area contributed by atoms with Crippen molar-refractivity contribution in [3.63, 3.8) is 0 Å². The van der Waals surface area contributed by atoms with Gasteiger partial charge in [0.15, 0.2) is 0 Å². The summed E-state index contributed by atoms with van der Waals surface area (Å²) in [6, 6.07) is 32.8. The van der Waals surface area contributed by atoms with E-state index >= 15 is 0 Å². The molecule has 0 saturated heterocycles. The van der Waals surface area contributed by atoms with E-state index in [-0.39, 0.29) is 21.1 Å². The first-order valence-electron chi connectivity index (χ1n) is 17.0. The number of ether oxygens (including phenoxy) is 1. The van der Waals surface area contributed by atoms with Gasteiger partial charge in [-0.1, -0.05) is 88.3 Å². The summed E-state index contributed by atoms with van der Waals surface area (Å²) < 4.78 is 10.6. The molecule has 8 heteroatoms. The third-order valence-electron chi connectivity index (χ3n) is 10.1. The zero-order valence-electron chi connectivity index (χ0n) is 28.8. The minimum absolute atomic E-state index is 0. The van der Waals surface area contributed by atoms with Gasteiger partial charge < -0.3 is 13.5 Å². The minimum atomic E-state index is 0. The summed E-state index contributed by atoms with van der Waals surface area (Å²) in [5.41, 5.74) is 14.1. The number of aryl methyl sites for hydroxylation is 4. The molecule has 10 rings (SSSR count). The van der Waals surface area contributed by atoms with Crippen molar-refractivity contribution in [3.8, 4) is 33.8 Å². The molecule has 0 saturated carbocycles. The number of rotatable bonds is 4. The maximum atomic E-state index is 6.53. The van der Waals surface area contributed by atoms with Crippen molar-refractivity contribution in [2.45, 2.75) is 27.7 Å². The minimum Gasteiger partial charge on any atom is -0.497 e. The SMILES string of the molecule is Cc1cccc(C)c1-c1ccc2c(c1-c1c(C)cccc1C)c1ccc(Oc3[c-]c4c(cc3)c3nccnc3n3ccnc43)[c-]c1c1nccn21.[Pt+2]. The van der Waals surface area contributed by atoms with E-state index in [9.17, 15) is 0 Å². The summed E-state index contributed by atoms with van der Waals surface area (Å²) in [5, 5.41) is 4.83. The Balaban J connectivity index is 0.00000360. The van der Waals surface area contributed by atoms with E-state index in [1.54, 1.807) is 18.6 Å². The fourth-order valence-corrected chi connectivity index (χ4v) is 7.97. The first kappa shape index (κ1) is 32.0. The van der Waals surface area contributed by atoms with Gasteiger partial charge in [0.05, 0.1) is 16.8 Å². The molecule has 10 aromatic rings. The van der Waals surface area contributed by atoms with Crippen LogP contribution in [0.5, 0.6) is 11.5 Å². The summed E-state index contributed by atoms with van der Waals surface area (Å²) in [6.07, 6.45) is 10.9. The Bertz CT molecular complexity index is 3030. The second-order valence-electron chi connectivity index (χ2n) is 13.2. The average Bonchev–Trinajstić information content (AvgIpc) is 3.84. The fraction of sp³-hybridized carbons (Fsp3) is 0.0909. The number of hydrogen-bond donors (Lipinski definition) is 0. The average molecular weight is 854 g/mol. The first-order valence-corrected chi connectivity index (χ1v) is 17.0. The van der Waals surface area contributed by atoms with Crippen LogP contribution in [0.2, 0.25) is 0 Å². The van der Waals surface area contributed by atoms with Crippen molar-refractivity contribution >= 4 is 54.9 Å². The van der Waals surface area contributed by atoms with Gasteiger partial charge in [-0.25, -0.2) is 4.98 Å². The Labute approximate surface area is 313 Å². The van der Waals surface area contributed by atoms with Gasteiger partial charge in [-0.3, -0.25) is 15.0 Å². The van der Waals surface area contributed by atoms with Crippen LogP contribution in [0.3, 0.4) is 0 Å². The van der Waals surface area contributed by atoms with Crippen LogP contribution in [-0.2, 0) is 21.1 Å². The van der Waals surface area contributed by atoms with E-state index < -0.39 is 0 Å². The molecule has 0 bridgehead atoms. The van der Waals surface area contributed by atoms with E-state index in [0.29, 0.717) is 11.5 Å². The molecule has 0 amide bonds. The smallest absolute Gasteiger partial charge is 0.497 e. The van der Waals surface area contributed by atoms with Crippen LogP contribution >= 0.6 is 0 Å². The Hall–Kier alpha value is -5.91. The molecule has 0 aliphatic heterocycles. The van der Waals surface area contributed by atoms with Crippen molar-refractivity contribution in [3.05, 3.63) is 144 Å². The van der Waals surface area contributed by atoms with Crippen molar-refractivity contribution in [1.29, 1.82) is 0 Å². The third-order valence-corrected chi connectivity index (χ3v) is 10.1. The number of imidazole rings is 2. The van der Waals surface area contributed by atoms with Crippen LogP contribution in [0.1, 0.15) is 22.3 Å². The molecule has 52 heavy (non-hydrogen) atoms. The number of nitrogens with zero attached hydrogens (tertiary/aromatic N) is 6. The molecule has 0 N–H and O–H groups in total. The quantitative estimate of drug-likeness (QED) is 0.130. The van der Waals surface area contributed by atoms with Gasteiger partial charge in [-0.05, 0) is 83.7 Å². The van der Waals surface area contributed by atoms with Crippen LogP contribution in [0, 0.1) is 39.8 Å². The van der Waals surface area contributed by atoms with Gasteiger partial charge in [0.25, 0.3) is 0 Å². The molecular weight excluding hydrogens is 824 g/mol. The Morgan fingerprint density at radius 3 is 1.77 bits per heavy atom. The monoisotopic (exact) mass is 853 g/mol. The Morgan fingerprint density at radius 1 is 0.519 bits per heavy atom. The molecule has 0 aliphatic rings. The van der Waals surface area contributed by atoms with Crippen molar-refractivity contribution < 1.29 is 25.8 Å². The molecule has 7 nitrogen and oxygen atoms in total. The molecule has 0 unspecified atom stereocenters. The summed E-state index contributed by atoms with van der Waals surface area (Å²) >= 11 is 0. The zero-order chi connectivity index (χ0) is 34.4. The molecule has 5 aromatic heterocycles.